The molecule has 2 rings (SSSR count). The Morgan fingerprint density at radius 1 is 1.44 bits per heavy atom. The van der Waals surface area contributed by atoms with Crippen molar-refractivity contribution < 1.29 is 0 Å². The molecule has 2 aromatic heterocycles. The van der Waals surface area contributed by atoms with Crippen molar-refractivity contribution >= 4 is 34.6 Å². The number of hydrogen-bond acceptors (Lipinski definition) is 7. The molecule has 0 unspecified atom stereocenters. The maximum Gasteiger partial charge on any atom is 0.149 e. The standard InChI is InChI=1S/C9H12N4S3/c1(4-14-9-11-3-5-15-9)2-10-6-8-7-16-13-12-8/h3,5,7,10H,1-2,4,6H2. The minimum Gasteiger partial charge on any atom is -0.311 e. The average molecular weight is 272 g/mol. The summed E-state index contributed by atoms with van der Waals surface area (Å²) in [6.45, 7) is 1.83. The second-order valence-electron chi connectivity index (χ2n) is 3.07. The van der Waals surface area contributed by atoms with E-state index in [1.165, 1.54) is 11.5 Å². The van der Waals surface area contributed by atoms with Crippen molar-refractivity contribution in [2.45, 2.75) is 17.3 Å². The molecular formula is C9H12N4S3. The van der Waals surface area contributed by atoms with Gasteiger partial charge in [0.15, 0.2) is 0 Å². The highest BCUT2D eigenvalue weighted by molar-refractivity contribution is 8.00. The summed E-state index contributed by atoms with van der Waals surface area (Å²) in [7, 11) is 0. The Hall–Kier alpha value is -0.500. The summed E-state index contributed by atoms with van der Waals surface area (Å²) >= 11 is 4.91. The van der Waals surface area contributed by atoms with Gasteiger partial charge in [0.2, 0.25) is 0 Å². The van der Waals surface area contributed by atoms with Crippen LogP contribution < -0.4 is 5.32 Å². The first-order chi connectivity index (χ1) is 7.95. The molecule has 4 nitrogen and oxygen atoms in total. The summed E-state index contributed by atoms with van der Waals surface area (Å²) in [5.41, 5.74) is 1.03. The zero-order chi connectivity index (χ0) is 11.1. The predicted octanol–water partition coefficient (Wildman–Crippen LogP) is 2.27. The van der Waals surface area contributed by atoms with Crippen LogP contribution in [-0.2, 0) is 6.54 Å². The Bertz CT molecular complexity index is 335. The Morgan fingerprint density at radius 2 is 2.44 bits per heavy atom. The van der Waals surface area contributed by atoms with Crippen LogP contribution in [0.5, 0.6) is 0 Å². The monoisotopic (exact) mass is 272 g/mol. The van der Waals surface area contributed by atoms with Crippen LogP contribution in [0.2, 0.25) is 0 Å². The van der Waals surface area contributed by atoms with Gasteiger partial charge in [-0.3, -0.25) is 0 Å². The van der Waals surface area contributed by atoms with Gasteiger partial charge < -0.3 is 5.32 Å². The predicted molar refractivity (Wildman–Crippen MR) is 69.1 cm³/mol. The molecule has 2 aromatic rings. The van der Waals surface area contributed by atoms with Crippen molar-refractivity contribution in [2.24, 2.45) is 0 Å². The highest BCUT2D eigenvalue weighted by Gasteiger charge is 1.97. The third-order valence-electron chi connectivity index (χ3n) is 1.84. The zero-order valence-electron chi connectivity index (χ0n) is 8.63. The summed E-state index contributed by atoms with van der Waals surface area (Å²) < 4.78 is 4.97. The van der Waals surface area contributed by atoms with Crippen molar-refractivity contribution in [1.29, 1.82) is 0 Å². The second-order valence-corrected chi connectivity index (χ2v) is 5.92. The summed E-state index contributed by atoms with van der Waals surface area (Å²) in [6, 6.07) is 0. The van der Waals surface area contributed by atoms with Crippen molar-refractivity contribution in [3.63, 3.8) is 0 Å². The number of thiazole rings is 1. The number of thioether (sulfide) groups is 1. The number of nitrogens with one attached hydrogen (secondary N) is 1. The molecule has 0 amide bonds. The summed E-state index contributed by atoms with van der Waals surface area (Å²) in [4.78, 5) is 4.22. The summed E-state index contributed by atoms with van der Waals surface area (Å²) in [6.07, 6.45) is 2.99. The molecule has 0 aliphatic carbocycles. The first-order valence-electron chi connectivity index (χ1n) is 4.94. The van der Waals surface area contributed by atoms with Crippen LogP contribution in [0.1, 0.15) is 12.1 Å². The van der Waals surface area contributed by atoms with Crippen LogP contribution in [0.15, 0.2) is 21.3 Å². The maximum absolute atomic E-state index is 4.22. The molecule has 86 valence electrons. The van der Waals surface area contributed by atoms with E-state index in [1.807, 2.05) is 28.7 Å². The van der Waals surface area contributed by atoms with Crippen LogP contribution in [0.25, 0.3) is 0 Å². The fraction of sp³-hybridized carbons (Fsp3) is 0.444. The molecule has 0 aliphatic rings. The molecule has 2 heterocycles. The molecule has 7 heteroatoms. The normalized spacial score (nSPS) is 10.8. The Morgan fingerprint density at radius 3 is 3.19 bits per heavy atom. The third-order valence-corrected chi connectivity index (χ3v) is 4.45. The number of rotatable bonds is 7. The van der Waals surface area contributed by atoms with Gasteiger partial charge in [-0.1, -0.05) is 16.3 Å². The third kappa shape index (κ3) is 4.17. The van der Waals surface area contributed by atoms with Gasteiger partial charge in [-0.05, 0) is 24.5 Å². The lowest BCUT2D eigenvalue weighted by atomic mass is 10.4. The van der Waals surface area contributed by atoms with Gasteiger partial charge in [0.05, 0.1) is 5.69 Å². The molecule has 1 N–H and O–H groups in total. The Balaban J connectivity index is 1.49. The molecule has 0 bridgehead atoms. The van der Waals surface area contributed by atoms with Crippen molar-refractivity contribution in [1.82, 2.24) is 19.9 Å². The van der Waals surface area contributed by atoms with E-state index in [2.05, 4.69) is 19.9 Å². The number of nitrogens with zero attached hydrogens (tertiary/aromatic N) is 3. The van der Waals surface area contributed by atoms with Crippen molar-refractivity contribution in [3.8, 4) is 0 Å². The van der Waals surface area contributed by atoms with Crippen LogP contribution in [0, 0.1) is 0 Å². The van der Waals surface area contributed by atoms with Crippen LogP contribution in [0.3, 0.4) is 0 Å². The van der Waals surface area contributed by atoms with Gasteiger partial charge >= 0.3 is 0 Å². The molecule has 0 spiro atoms. The molecular weight excluding hydrogens is 260 g/mol. The number of hydrogen-bond donors (Lipinski definition) is 1. The van der Waals surface area contributed by atoms with Crippen LogP contribution >= 0.6 is 34.6 Å². The van der Waals surface area contributed by atoms with E-state index in [9.17, 15) is 0 Å². The van der Waals surface area contributed by atoms with E-state index in [1.54, 1.807) is 11.3 Å². The molecule has 0 aliphatic heterocycles. The van der Waals surface area contributed by atoms with E-state index < -0.39 is 0 Å². The minimum atomic E-state index is 0.818. The van der Waals surface area contributed by atoms with E-state index in [-0.39, 0.29) is 0 Å². The first kappa shape index (κ1) is 12.0. The van der Waals surface area contributed by atoms with E-state index in [0.717, 1.165) is 35.3 Å². The molecule has 0 radical (unpaired) electrons. The average Bonchev–Trinajstić information content (AvgIpc) is 2.96. The lowest BCUT2D eigenvalue weighted by molar-refractivity contribution is 0.665. The van der Waals surface area contributed by atoms with Gasteiger partial charge in [-0.15, -0.1) is 16.4 Å². The largest absolute Gasteiger partial charge is 0.311 e. The molecule has 0 fully saturated rings. The van der Waals surface area contributed by atoms with Gasteiger partial charge in [0.25, 0.3) is 0 Å². The van der Waals surface area contributed by atoms with Gasteiger partial charge in [0, 0.05) is 29.3 Å². The van der Waals surface area contributed by atoms with E-state index in [0.29, 0.717) is 0 Å². The minimum absolute atomic E-state index is 0.818. The van der Waals surface area contributed by atoms with Gasteiger partial charge in [-0.25, -0.2) is 4.98 Å². The molecule has 0 saturated carbocycles. The topological polar surface area (TPSA) is 50.7 Å². The number of aromatic nitrogens is 3. The van der Waals surface area contributed by atoms with Crippen molar-refractivity contribution in [2.75, 3.05) is 12.3 Å². The van der Waals surface area contributed by atoms with Crippen molar-refractivity contribution in [3.05, 3.63) is 22.7 Å². The van der Waals surface area contributed by atoms with Crippen LogP contribution in [0.4, 0.5) is 0 Å². The highest BCUT2D eigenvalue weighted by atomic mass is 32.2. The van der Waals surface area contributed by atoms with E-state index >= 15 is 0 Å². The Labute approximate surface area is 107 Å². The highest BCUT2D eigenvalue weighted by Crippen LogP contribution is 2.20. The zero-order valence-corrected chi connectivity index (χ0v) is 11.1. The fourth-order valence-corrected chi connectivity index (χ4v) is 3.21. The molecule has 0 saturated heterocycles. The lowest BCUT2D eigenvalue weighted by Gasteiger charge is -2.00. The molecule has 0 atom stereocenters. The summed E-state index contributed by atoms with van der Waals surface area (Å²) in [5, 5.41) is 11.3. The smallest absolute Gasteiger partial charge is 0.149 e. The lowest BCUT2D eigenvalue weighted by Crippen LogP contribution is -2.15. The second kappa shape index (κ2) is 6.95. The molecule has 0 aromatic carbocycles. The van der Waals surface area contributed by atoms with Crippen LogP contribution in [-0.4, -0.2) is 26.9 Å². The Kier molecular flexibility index (Phi) is 5.20. The quantitative estimate of drug-likeness (QED) is 0.619. The maximum atomic E-state index is 4.22. The first-order valence-corrected chi connectivity index (χ1v) is 7.64. The summed E-state index contributed by atoms with van der Waals surface area (Å²) in [5.74, 6) is 1.11. The SMILES string of the molecule is c1csc(SCCCNCc2csnn2)n1. The molecule has 16 heavy (non-hydrogen) atoms. The van der Waals surface area contributed by atoms with E-state index in [4.69, 9.17) is 0 Å². The fourth-order valence-electron chi connectivity index (χ4n) is 1.12. The van der Waals surface area contributed by atoms with Gasteiger partial charge in [0.1, 0.15) is 4.34 Å². The van der Waals surface area contributed by atoms with Gasteiger partial charge in [-0.2, -0.15) is 0 Å².